The van der Waals surface area contributed by atoms with E-state index in [9.17, 15) is 14.9 Å². The number of carbonyl (C=O) groups is 1. The molecule has 1 amide bonds. The minimum absolute atomic E-state index is 0.0444. The van der Waals surface area contributed by atoms with Gasteiger partial charge in [-0.15, -0.1) is 0 Å². The molecule has 8 heteroatoms. The summed E-state index contributed by atoms with van der Waals surface area (Å²) in [5, 5.41) is 11.4. The van der Waals surface area contributed by atoms with Crippen LogP contribution in [0.15, 0.2) is 54.7 Å². The number of nitro groups is 1. The van der Waals surface area contributed by atoms with E-state index in [-0.39, 0.29) is 13.2 Å². The lowest BCUT2D eigenvalue weighted by Gasteiger charge is -2.36. The Balaban J connectivity index is 1.63. The first-order valence-electron chi connectivity index (χ1n) is 7.92. The molecule has 130 valence electrons. The molecule has 0 N–H and O–H groups in total. The molecule has 0 radical (unpaired) electrons. The van der Waals surface area contributed by atoms with Gasteiger partial charge < -0.3 is 4.74 Å². The molecule has 2 heterocycles. The zero-order valence-corrected chi connectivity index (χ0v) is 13.5. The first-order chi connectivity index (χ1) is 12.1. The molecule has 1 fully saturated rings. The van der Waals surface area contributed by atoms with Gasteiger partial charge in [0.15, 0.2) is 0 Å². The van der Waals surface area contributed by atoms with Crippen LogP contribution in [0.5, 0.6) is 0 Å². The van der Waals surface area contributed by atoms with Crippen LogP contribution in [0.25, 0.3) is 0 Å². The molecule has 1 aliphatic rings. The molecular formula is C17H18N4O4. The molecular weight excluding hydrogens is 324 g/mol. The van der Waals surface area contributed by atoms with Gasteiger partial charge in [0, 0.05) is 24.2 Å². The second-order valence-electron chi connectivity index (χ2n) is 5.63. The number of ether oxygens (including phenoxy) is 1. The number of aromatic nitrogens is 1. The predicted molar refractivity (Wildman–Crippen MR) is 90.6 cm³/mol. The van der Waals surface area contributed by atoms with Crippen LogP contribution in [0.1, 0.15) is 5.56 Å². The molecule has 8 nitrogen and oxygen atoms in total. The summed E-state index contributed by atoms with van der Waals surface area (Å²) in [6.45, 7) is 0.762. The maximum absolute atomic E-state index is 12.2. The molecule has 0 aliphatic carbocycles. The fourth-order valence-electron chi connectivity index (χ4n) is 2.71. The molecule has 1 aromatic carbocycles. The number of hydrogen-bond donors (Lipinski definition) is 0. The van der Waals surface area contributed by atoms with E-state index in [4.69, 9.17) is 4.74 Å². The highest BCUT2D eigenvalue weighted by molar-refractivity contribution is 5.68. The van der Waals surface area contributed by atoms with Crippen LogP contribution in [-0.2, 0) is 11.3 Å². The number of piperazine rings is 1. The number of pyridine rings is 1. The van der Waals surface area contributed by atoms with Crippen LogP contribution in [0.2, 0.25) is 0 Å². The maximum Gasteiger partial charge on any atom is 0.410 e. The Morgan fingerprint density at radius 2 is 1.96 bits per heavy atom. The van der Waals surface area contributed by atoms with E-state index >= 15 is 0 Å². The van der Waals surface area contributed by atoms with Crippen LogP contribution in [-0.4, -0.2) is 46.7 Å². The van der Waals surface area contributed by atoms with Crippen LogP contribution in [0.3, 0.4) is 0 Å². The molecule has 1 atom stereocenters. The minimum atomic E-state index is -1.05. The second kappa shape index (κ2) is 7.61. The van der Waals surface area contributed by atoms with Crippen LogP contribution < -0.4 is 4.90 Å². The van der Waals surface area contributed by atoms with Crippen molar-refractivity contribution < 1.29 is 14.5 Å². The van der Waals surface area contributed by atoms with Crippen molar-refractivity contribution in [2.75, 3.05) is 24.5 Å². The van der Waals surface area contributed by atoms with Crippen LogP contribution in [0.4, 0.5) is 10.6 Å². The SMILES string of the molecule is O=C(OCc1ccccc1)N1CCN(c2ccccn2)C([N+](=O)[O-])C1. The van der Waals surface area contributed by atoms with Crippen molar-refractivity contribution in [1.82, 2.24) is 9.88 Å². The molecule has 2 aromatic rings. The summed E-state index contributed by atoms with van der Waals surface area (Å²) in [5.74, 6) is 0.529. The number of benzene rings is 1. The molecule has 25 heavy (non-hydrogen) atoms. The first kappa shape index (κ1) is 16.7. The maximum atomic E-state index is 12.2. The van der Waals surface area contributed by atoms with E-state index in [1.165, 1.54) is 4.90 Å². The third kappa shape index (κ3) is 4.03. The largest absolute Gasteiger partial charge is 0.445 e. The summed E-state index contributed by atoms with van der Waals surface area (Å²) in [6.07, 6.45) is -0.00313. The van der Waals surface area contributed by atoms with Crippen molar-refractivity contribution in [3.05, 3.63) is 70.4 Å². The molecule has 1 unspecified atom stereocenters. The average molecular weight is 342 g/mol. The normalized spacial score (nSPS) is 17.2. The van der Waals surface area contributed by atoms with Gasteiger partial charge in [0.1, 0.15) is 19.0 Å². The topological polar surface area (TPSA) is 88.8 Å². The van der Waals surface area contributed by atoms with E-state index < -0.39 is 17.2 Å². The Hall–Kier alpha value is -3.16. The van der Waals surface area contributed by atoms with E-state index in [1.807, 2.05) is 30.3 Å². The Morgan fingerprint density at radius 1 is 1.20 bits per heavy atom. The Labute approximate surface area is 144 Å². The lowest BCUT2D eigenvalue weighted by molar-refractivity contribution is -0.523. The smallest absolute Gasteiger partial charge is 0.410 e. The van der Waals surface area contributed by atoms with Gasteiger partial charge in [-0.25, -0.2) is 9.78 Å². The Bertz CT molecular complexity index is 726. The van der Waals surface area contributed by atoms with Gasteiger partial charge in [0.2, 0.25) is 0 Å². The fourth-order valence-corrected chi connectivity index (χ4v) is 2.71. The highest BCUT2D eigenvalue weighted by atomic mass is 16.6. The van der Waals surface area contributed by atoms with Gasteiger partial charge in [-0.05, 0) is 17.7 Å². The molecule has 1 saturated heterocycles. The van der Waals surface area contributed by atoms with Crippen LogP contribution in [0, 0.1) is 10.1 Å². The highest BCUT2D eigenvalue weighted by Crippen LogP contribution is 2.19. The molecule has 0 saturated carbocycles. The van der Waals surface area contributed by atoms with Gasteiger partial charge in [-0.3, -0.25) is 19.9 Å². The Kier molecular flexibility index (Phi) is 5.08. The lowest BCUT2D eigenvalue weighted by Crippen LogP contribution is -2.58. The van der Waals surface area contributed by atoms with Gasteiger partial charge in [0.05, 0.1) is 0 Å². The lowest BCUT2D eigenvalue weighted by atomic mass is 10.2. The van der Waals surface area contributed by atoms with Crippen molar-refractivity contribution >= 4 is 11.9 Å². The molecule has 1 aliphatic heterocycles. The third-order valence-corrected chi connectivity index (χ3v) is 4.00. The Morgan fingerprint density at radius 3 is 2.64 bits per heavy atom. The fraction of sp³-hybridized carbons (Fsp3) is 0.294. The van der Waals surface area contributed by atoms with E-state index in [0.29, 0.717) is 18.9 Å². The standard InChI is InChI=1S/C17H18N4O4/c22-17(25-13-14-6-2-1-3-7-14)19-10-11-20(16(12-19)21(23)24)15-8-4-5-9-18-15/h1-9,16H,10-13H2. The average Bonchev–Trinajstić information content (AvgIpc) is 2.67. The predicted octanol–water partition coefficient (Wildman–Crippen LogP) is 2.14. The molecule has 3 rings (SSSR count). The van der Waals surface area contributed by atoms with Crippen molar-refractivity contribution in [2.45, 2.75) is 12.8 Å². The molecule has 1 aromatic heterocycles. The number of amides is 1. The quantitative estimate of drug-likeness (QED) is 0.625. The monoisotopic (exact) mass is 342 g/mol. The number of hydrogen-bond acceptors (Lipinski definition) is 6. The van der Waals surface area contributed by atoms with E-state index in [0.717, 1.165) is 5.56 Å². The van der Waals surface area contributed by atoms with Crippen molar-refractivity contribution in [1.29, 1.82) is 0 Å². The van der Waals surface area contributed by atoms with Crippen LogP contribution >= 0.6 is 0 Å². The number of nitrogens with zero attached hydrogens (tertiary/aromatic N) is 4. The van der Waals surface area contributed by atoms with Crippen molar-refractivity contribution in [2.24, 2.45) is 0 Å². The summed E-state index contributed by atoms with van der Waals surface area (Å²) in [5.41, 5.74) is 0.869. The van der Waals surface area contributed by atoms with E-state index in [1.54, 1.807) is 29.3 Å². The van der Waals surface area contributed by atoms with Crippen molar-refractivity contribution in [3.63, 3.8) is 0 Å². The first-order valence-corrected chi connectivity index (χ1v) is 7.92. The zero-order valence-electron chi connectivity index (χ0n) is 13.5. The molecule has 0 spiro atoms. The number of carbonyl (C=O) groups excluding carboxylic acids is 1. The summed E-state index contributed by atoms with van der Waals surface area (Å²) in [6, 6.07) is 14.6. The van der Waals surface area contributed by atoms with Gasteiger partial charge in [0.25, 0.3) is 0 Å². The number of anilines is 1. The van der Waals surface area contributed by atoms with E-state index in [2.05, 4.69) is 4.98 Å². The third-order valence-electron chi connectivity index (χ3n) is 4.00. The molecule has 0 bridgehead atoms. The summed E-state index contributed by atoms with van der Waals surface area (Å²) < 4.78 is 5.27. The number of rotatable bonds is 4. The van der Waals surface area contributed by atoms with Gasteiger partial charge >= 0.3 is 12.3 Å². The summed E-state index contributed by atoms with van der Waals surface area (Å²) in [7, 11) is 0. The highest BCUT2D eigenvalue weighted by Gasteiger charge is 2.38. The van der Waals surface area contributed by atoms with Gasteiger partial charge in [-0.1, -0.05) is 36.4 Å². The summed E-state index contributed by atoms with van der Waals surface area (Å²) in [4.78, 5) is 30.4. The second-order valence-corrected chi connectivity index (χ2v) is 5.63. The minimum Gasteiger partial charge on any atom is -0.445 e. The van der Waals surface area contributed by atoms with Crippen molar-refractivity contribution in [3.8, 4) is 0 Å². The zero-order chi connectivity index (χ0) is 17.6. The van der Waals surface area contributed by atoms with Gasteiger partial charge in [-0.2, -0.15) is 0 Å². The summed E-state index contributed by atoms with van der Waals surface area (Å²) >= 11 is 0.